The lowest BCUT2D eigenvalue weighted by Gasteiger charge is -2.32. The Morgan fingerprint density at radius 3 is 2.42 bits per heavy atom. The number of thiazole rings is 1. The molecule has 1 saturated heterocycles. The Kier molecular flexibility index (Phi) is 6.37. The van der Waals surface area contributed by atoms with Crippen LogP contribution < -0.4 is 16.0 Å². The maximum atomic E-state index is 13.0. The molecule has 3 N–H and O–H groups in total. The van der Waals surface area contributed by atoms with Crippen molar-refractivity contribution in [3.05, 3.63) is 65.2 Å². The summed E-state index contributed by atoms with van der Waals surface area (Å²) >= 11 is 1.11. The highest BCUT2D eigenvalue weighted by atomic mass is 32.1. The minimum atomic E-state index is -4.45. The fourth-order valence-corrected chi connectivity index (χ4v) is 4.51. The monoisotopic (exact) mass is 474 g/mol. The molecular weight excluding hydrogens is 453 g/mol. The summed E-state index contributed by atoms with van der Waals surface area (Å²) in [6.45, 7) is 1.47. The highest BCUT2D eigenvalue weighted by Crippen LogP contribution is 2.33. The quantitative estimate of drug-likeness (QED) is 0.557. The van der Waals surface area contributed by atoms with Crippen molar-refractivity contribution in [2.24, 2.45) is 11.7 Å². The maximum absolute atomic E-state index is 13.0. The fraction of sp³-hybridized carbons (Fsp3) is 0.261. The van der Waals surface area contributed by atoms with Crippen LogP contribution in [0, 0.1) is 5.92 Å². The first-order chi connectivity index (χ1) is 15.7. The number of nitrogens with one attached hydrogen (secondary N) is 1. The number of piperidine rings is 1. The van der Waals surface area contributed by atoms with Gasteiger partial charge < -0.3 is 16.0 Å². The number of carbonyl (C=O) groups is 2. The molecule has 0 spiro atoms. The molecular formula is C23H21F3N4O2S. The molecule has 1 aliphatic heterocycles. The number of rotatable bonds is 5. The Balaban J connectivity index is 1.39. The number of anilines is 2. The van der Waals surface area contributed by atoms with Crippen LogP contribution in [0.4, 0.5) is 24.5 Å². The summed E-state index contributed by atoms with van der Waals surface area (Å²) in [5.74, 6) is -0.788. The van der Waals surface area contributed by atoms with Crippen LogP contribution in [-0.4, -0.2) is 29.9 Å². The van der Waals surface area contributed by atoms with Gasteiger partial charge in [-0.25, -0.2) is 4.98 Å². The third-order valence-electron chi connectivity index (χ3n) is 5.56. The normalized spacial score (nSPS) is 14.8. The van der Waals surface area contributed by atoms with Crippen LogP contribution in [-0.2, 0) is 11.0 Å². The first-order valence-corrected chi connectivity index (χ1v) is 11.2. The Labute approximate surface area is 192 Å². The van der Waals surface area contributed by atoms with Crippen LogP contribution in [0.2, 0.25) is 0 Å². The Hall–Kier alpha value is -3.40. The van der Waals surface area contributed by atoms with Crippen molar-refractivity contribution in [1.82, 2.24) is 4.98 Å². The van der Waals surface area contributed by atoms with Crippen molar-refractivity contribution in [3.63, 3.8) is 0 Å². The van der Waals surface area contributed by atoms with Crippen molar-refractivity contribution in [1.29, 1.82) is 0 Å². The minimum absolute atomic E-state index is 0.0845. The average molecular weight is 475 g/mol. The van der Waals surface area contributed by atoms with E-state index in [-0.39, 0.29) is 17.5 Å². The van der Waals surface area contributed by atoms with Gasteiger partial charge in [0.1, 0.15) is 10.7 Å². The molecule has 0 saturated carbocycles. The smallest absolute Gasteiger partial charge is 0.371 e. The summed E-state index contributed by atoms with van der Waals surface area (Å²) in [7, 11) is 0. The van der Waals surface area contributed by atoms with Gasteiger partial charge in [0, 0.05) is 41.3 Å². The van der Waals surface area contributed by atoms with E-state index in [1.807, 2.05) is 12.1 Å². The Morgan fingerprint density at radius 2 is 1.79 bits per heavy atom. The number of nitrogens with two attached hydrogens (primary N) is 1. The summed E-state index contributed by atoms with van der Waals surface area (Å²) in [5, 5.41) is 4.61. The molecule has 0 atom stereocenters. The lowest BCUT2D eigenvalue weighted by atomic mass is 9.96. The second-order valence-corrected chi connectivity index (χ2v) is 8.64. The standard InChI is InChI=1S/C23H21F3N4O2S/c24-23(25,26)16-3-1-2-15(12-16)22-29-19(13-33-22)21(32)28-17-4-6-18(7-5-17)30-10-8-14(9-11-30)20(27)31/h1-7,12-14H,8-11H2,(H2,27,31)(H,28,32). The fourth-order valence-electron chi connectivity index (χ4n) is 3.71. The number of aromatic nitrogens is 1. The van der Waals surface area contributed by atoms with E-state index in [4.69, 9.17) is 5.73 Å². The van der Waals surface area contributed by atoms with E-state index in [2.05, 4.69) is 15.2 Å². The number of benzene rings is 2. The second kappa shape index (κ2) is 9.22. The van der Waals surface area contributed by atoms with Gasteiger partial charge in [-0.05, 0) is 49.2 Å². The SMILES string of the molecule is NC(=O)C1CCN(c2ccc(NC(=O)c3csc(-c4cccc(C(F)(F)F)c4)n3)cc2)CC1. The second-order valence-electron chi connectivity index (χ2n) is 7.78. The molecule has 2 aromatic carbocycles. The third-order valence-corrected chi connectivity index (χ3v) is 6.45. The molecule has 0 unspecified atom stereocenters. The number of nitrogens with zero attached hydrogens (tertiary/aromatic N) is 2. The van der Waals surface area contributed by atoms with Crippen LogP contribution in [0.5, 0.6) is 0 Å². The predicted molar refractivity (Wildman–Crippen MR) is 121 cm³/mol. The number of hydrogen-bond donors (Lipinski definition) is 2. The number of primary amides is 1. The molecule has 2 heterocycles. The van der Waals surface area contributed by atoms with E-state index in [1.54, 1.807) is 12.1 Å². The maximum Gasteiger partial charge on any atom is 0.416 e. The highest BCUT2D eigenvalue weighted by Gasteiger charge is 2.30. The van der Waals surface area contributed by atoms with Gasteiger partial charge in [-0.1, -0.05) is 12.1 Å². The predicted octanol–water partition coefficient (Wildman–Crippen LogP) is 4.78. The number of amides is 2. The van der Waals surface area contributed by atoms with E-state index in [1.165, 1.54) is 17.5 Å². The lowest BCUT2D eigenvalue weighted by molar-refractivity contribution is -0.137. The van der Waals surface area contributed by atoms with Crippen LogP contribution in [0.1, 0.15) is 28.9 Å². The van der Waals surface area contributed by atoms with Crippen LogP contribution in [0.15, 0.2) is 53.9 Å². The molecule has 6 nitrogen and oxygen atoms in total. The molecule has 4 rings (SSSR count). The zero-order valence-electron chi connectivity index (χ0n) is 17.4. The molecule has 10 heteroatoms. The molecule has 1 fully saturated rings. The van der Waals surface area contributed by atoms with Crippen LogP contribution in [0.3, 0.4) is 0 Å². The summed E-state index contributed by atoms with van der Waals surface area (Å²) in [4.78, 5) is 30.2. The molecule has 0 radical (unpaired) electrons. The van der Waals surface area contributed by atoms with E-state index < -0.39 is 17.6 Å². The topological polar surface area (TPSA) is 88.3 Å². The molecule has 2 amide bonds. The number of halogens is 3. The van der Waals surface area contributed by atoms with Crippen molar-refractivity contribution >= 4 is 34.5 Å². The van der Waals surface area contributed by atoms with E-state index >= 15 is 0 Å². The van der Waals surface area contributed by atoms with Gasteiger partial charge in [-0.2, -0.15) is 13.2 Å². The molecule has 1 aromatic heterocycles. The van der Waals surface area contributed by atoms with Crippen LogP contribution >= 0.6 is 11.3 Å². The molecule has 3 aromatic rings. The third kappa shape index (κ3) is 5.33. The zero-order valence-corrected chi connectivity index (χ0v) is 18.2. The van der Waals surface area contributed by atoms with Crippen LogP contribution in [0.25, 0.3) is 10.6 Å². The molecule has 0 aliphatic carbocycles. The number of carbonyl (C=O) groups excluding carboxylic acids is 2. The summed E-state index contributed by atoms with van der Waals surface area (Å²) in [6, 6.07) is 12.2. The number of hydrogen-bond acceptors (Lipinski definition) is 5. The van der Waals surface area contributed by atoms with E-state index in [0.717, 1.165) is 42.2 Å². The van der Waals surface area contributed by atoms with Crippen molar-refractivity contribution in [3.8, 4) is 10.6 Å². The van der Waals surface area contributed by atoms with Crippen molar-refractivity contribution in [2.75, 3.05) is 23.3 Å². The Bertz CT molecular complexity index is 1150. The van der Waals surface area contributed by atoms with E-state index in [9.17, 15) is 22.8 Å². The van der Waals surface area contributed by atoms with Gasteiger partial charge >= 0.3 is 6.18 Å². The highest BCUT2D eigenvalue weighted by molar-refractivity contribution is 7.13. The number of alkyl halides is 3. The molecule has 0 bridgehead atoms. The van der Waals surface area contributed by atoms with Gasteiger partial charge in [0.2, 0.25) is 5.91 Å². The van der Waals surface area contributed by atoms with Gasteiger partial charge in [-0.3, -0.25) is 9.59 Å². The molecule has 33 heavy (non-hydrogen) atoms. The molecule has 172 valence electrons. The minimum Gasteiger partial charge on any atom is -0.371 e. The molecule has 1 aliphatic rings. The first kappa shape index (κ1) is 22.8. The summed E-state index contributed by atoms with van der Waals surface area (Å²) < 4.78 is 38.9. The van der Waals surface area contributed by atoms with Gasteiger partial charge in [0.15, 0.2) is 0 Å². The van der Waals surface area contributed by atoms with Crippen molar-refractivity contribution < 1.29 is 22.8 Å². The van der Waals surface area contributed by atoms with Gasteiger partial charge in [-0.15, -0.1) is 11.3 Å². The lowest BCUT2D eigenvalue weighted by Crippen LogP contribution is -2.38. The summed E-state index contributed by atoms with van der Waals surface area (Å²) in [5.41, 5.74) is 6.60. The summed E-state index contributed by atoms with van der Waals surface area (Å²) in [6.07, 6.45) is -3.02. The zero-order chi connectivity index (χ0) is 23.6. The van der Waals surface area contributed by atoms with Gasteiger partial charge in [0.25, 0.3) is 5.91 Å². The average Bonchev–Trinajstić information content (AvgIpc) is 3.30. The van der Waals surface area contributed by atoms with Crippen molar-refractivity contribution in [2.45, 2.75) is 19.0 Å². The first-order valence-electron chi connectivity index (χ1n) is 10.3. The van der Waals surface area contributed by atoms with Gasteiger partial charge in [0.05, 0.1) is 5.56 Å². The van der Waals surface area contributed by atoms with E-state index in [0.29, 0.717) is 29.1 Å². The largest absolute Gasteiger partial charge is 0.416 e. The Morgan fingerprint density at radius 1 is 1.09 bits per heavy atom.